The zero-order chi connectivity index (χ0) is 13.1. The highest BCUT2D eigenvalue weighted by Gasteiger charge is 2.10. The fourth-order valence-corrected chi connectivity index (χ4v) is 1.92. The van der Waals surface area contributed by atoms with Gasteiger partial charge in [0, 0.05) is 16.4 Å². The maximum Gasteiger partial charge on any atom is 0.258 e. The largest absolute Gasteiger partial charge is 0.306 e. The van der Waals surface area contributed by atoms with Crippen molar-refractivity contribution in [3.05, 3.63) is 51.9 Å². The number of hydrogen-bond acceptors (Lipinski definition) is 3. The molecule has 1 amide bonds. The lowest BCUT2D eigenvalue weighted by Crippen LogP contribution is -2.15. The minimum atomic E-state index is -0.203. The smallest absolute Gasteiger partial charge is 0.258 e. The fourth-order valence-electron chi connectivity index (χ4n) is 1.58. The lowest BCUT2D eigenvalue weighted by Gasteiger charge is -2.07. The summed E-state index contributed by atoms with van der Waals surface area (Å²) in [4.78, 5) is 20.4. The summed E-state index contributed by atoms with van der Waals surface area (Å²) in [6.45, 7) is 3.71. The first kappa shape index (κ1) is 12.7. The molecule has 18 heavy (non-hydrogen) atoms. The highest BCUT2D eigenvalue weighted by Crippen LogP contribution is 2.14. The van der Waals surface area contributed by atoms with Crippen molar-refractivity contribution in [2.24, 2.45) is 0 Å². The van der Waals surface area contributed by atoms with Crippen LogP contribution in [0.25, 0.3) is 0 Å². The van der Waals surface area contributed by atoms with Crippen LogP contribution in [0.15, 0.2) is 34.9 Å². The van der Waals surface area contributed by atoms with Crippen LogP contribution in [0.4, 0.5) is 5.82 Å². The third kappa shape index (κ3) is 2.92. The van der Waals surface area contributed by atoms with E-state index >= 15 is 0 Å². The predicted molar refractivity (Wildman–Crippen MR) is 73.6 cm³/mol. The SMILES string of the molecule is Cc1ccc(C(=O)Nc2cc(Br)ccn2)c(C)n1. The number of carbonyl (C=O) groups is 1. The minimum absolute atomic E-state index is 0.203. The molecule has 0 bridgehead atoms. The fraction of sp³-hybridized carbons (Fsp3) is 0.154. The molecule has 2 aromatic heterocycles. The Morgan fingerprint density at radius 1 is 1.28 bits per heavy atom. The number of pyridine rings is 2. The lowest BCUT2D eigenvalue weighted by atomic mass is 10.2. The first-order valence-electron chi connectivity index (χ1n) is 5.43. The van der Waals surface area contributed by atoms with Crippen LogP contribution in [0.3, 0.4) is 0 Å². The number of amides is 1. The van der Waals surface area contributed by atoms with Crippen LogP contribution < -0.4 is 5.32 Å². The molecule has 0 saturated carbocycles. The summed E-state index contributed by atoms with van der Waals surface area (Å²) >= 11 is 3.33. The summed E-state index contributed by atoms with van der Waals surface area (Å²) in [5.74, 6) is 0.306. The van der Waals surface area contributed by atoms with Gasteiger partial charge in [-0.3, -0.25) is 9.78 Å². The van der Waals surface area contributed by atoms with Crippen LogP contribution in [0.2, 0.25) is 0 Å². The number of nitrogens with one attached hydrogen (secondary N) is 1. The molecule has 0 saturated heterocycles. The van der Waals surface area contributed by atoms with Gasteiger partial charge in [0.25, 0.3) is 5.91 Å². The molecular weight excluding hydrogens is 294 g/mol. The first-order valence-corrected chi connectivity index (χ1v) is 6.23. The van der Waals surface area contributed by atoms with Crippen molar-refractivity contribution in [1.82, 2.24) is 9.97 Å². The Hall–Kier alpha value is -1.75. The first-order chi connectivity index (χ1) is 8.56. The highest BCUT2D eigenvalue weighted by atomic mass is 79.9. The van der Waals surface area contributed by atoms with Crippen molar-refractivity contribution >= 4 is 27.7 Å². The van der Waals surface area contributed by atoms with Crippen LogP contribution in [0.1, 0.15) is 21.7 Å². The number of halogens is 1. The van der Waals surface area contributed by atoms with Crippen LogP contribution in [-0.4, -0.2) is 15.9 Å². The number of aryl methyl sites for hydroxylation is 2. The molecule has 0 spiro atoms. The standard InChI is InChI=1S/C13H12BrN3O/c1-8-3-4-11(9(2)16-8)13(18)17-12-7-10(14)5-6-15-12/h3-7H,1-2H3,(H,15,17,18). The van der Waals surface area contributed by atoms with E-state index in [1.165, 1.54) is 0 Å². The number of hydrogen-bond donors (Lipinski definition) is 1. The Labute approximate surface area is 114 Å². The van der Waals surface area contributed by atoms with Crippen molar-refractivity contribution in [3.63, 3.8) is 0 Å². The Balaban J connectivity index is 2.22. The average Bonchev–Trinajstić information content (AvgIpc) is 2.28. The maximum atomic E-state index is 12.1. The summed E-state index contributed by atoms with van der Waals surface area (Å²) in [5.41, 5.74) is 2.16. The van der Waals surface area contributed by atoms with E-state index in [0.29, 0.717) is 17.1 Å². The normalized spacial score (nSPS) is 10.2. The summed E-state index contributed by atoms with van der Waals surface area (Å²) in [5, 5.41) is 2.74. The number of anilines is 1. The molecule has 1 N–H and O–H groups in total. The van der Waals surface area contributed by atoms with Gasteiger partial charge in [-0.2, -0.15) is 0 Å². The van der Waals surface area contributed by atoms with Crippen LogP contribution in [0, 0.1) is 13.8 Å². The van der Waals surface area contributed by atoms with Crippen molar-refractivity contribution in [2.45, 2.75) is 13.8 Å². The van der Waals surface area contributed by atoms with Gasteiger partial charge < -0.3 is 5.32 Å². The number of nitrogens with zero attached hydrogens (tertiary/aromatic N) is 2. The second kappa shape index (κ2) is 5.27. The van der Waals surface area contributed by atoms with Gasteiger partial charge >= 0.3 is 0 Å². The molecule has 0 aliphatic heterocycles. The third-order valence-corrected chi connectivity index (χ3v) is 2.93. The molecule has 2 heterocycles. The van der Waals surface area contributed by atoms with E-state index in [4.69, 9.17) is 0 Å². The van der Waals surface area contributed by atoms with Gasteiger partial charge in [0.15, 0.2) is 0 Å². The predicted octanol–water partition coefficient (Wildman–Crippen LogP) is 3.11. The monoisotopic (exact) mass is 305 g/mol. The van der Waals surface area contributed by atoms with E-state index < -0.39 is 0 Å². The Bertz CT molecular complexity index is 599. The second-order valence-corrected chi connectivity index (χ2v) is 4.81. The molecule has 5 heteroatoms. The molecule has 0 aliphatic carbocycles. The van der Waals surface area contributed by atoms with Crippen LogP contribution in [0.5, 0.6) is 0 Å². The molecule has 2 aromatic rings. The molecule has 92 valence electrons. The van der Waals surface area contributed by atoms with E-state index in [-0.39, 0.29) is 5.91 Å². The van der Waals surface area contributed by atoms with E-state index in [2.05, 4.69) is 31.2 Å². The van der Waals surface area contributed by atoms with Gasteiger partial charge in [-0.25, -0.2) is 4.98 Å². The van der Waals surface area contributed by atoms with Gasteiger partial charge in [0.05, 0.1) is 11.3 Å². The number of rotatable bonds is 2. The van der Waals surface area contributed by atoms with Gasteiger partial charge in [0.1, 0.15) is 5.82 Å². The third-order valence-electron chi connectivity index (χ3n) is 2.43. The van der Waals surface area contributed by atoms with Gasteiger partial charge in [-0.1, -0.05) is 15.9 Å². The van der Waals surface area contributed by atoms with E-state index in [0.717, 1.165) is 10.2 Å². The highest BCUT2D eigenvalue weighted by molar-refractivity contribution is 9.10. The summed E-state index contributed by atoms with van der Waals surface area (Å²) < 4.78 is 0.867. The molecule has 0 radical (unpaired) electrons. The molecule has 0 aromatic carbocycles. The van der Waals surface area contributed by atoms with Crippen molar-refractivity contribution in [3.8, 4) is 0 Å². The maximum absolute atomic E-state index is 12.1. The molecular formula is C13H12BrN3O. The van der Waals surface area contributed by atoms with Crippen LogP contribution in [-0.2, 0) is 0 Å². The molecule has 0 atom stereocenters. The zero-order valence-corrected chi connectivity index (χ0v) is 11.7. The number of carbonyl (C=O) groups excluding carboxylic acids is 1. The Morgan fingerprint density at radius 3 is 2.72 bits per heavy atom. The van der Waals surface area contributed by atoms with E-state index in [1.807, 2.05) is 19.9 Å². The minimum Gasteiger partial charge on any atom is -0.306 e. The molecule has 0 unspecified atom stereocenters. The summed E-state index contributed by atoms with van der Waals surface area (Å²) in [6.07, 6.45) is 1.62. The van der Waals surface area contributed by atoms with Crippen molar-refractivity contribution in [2.75, 3.05) is 5.32 Å². The summed E-state index contributed by atoms with van der Waals surface area (Å²) in [6, 6.07) is 7.13. The quantitative estimate of drug-likeness (QED) is 0.927. The van der Waals surface area contributed by atoms with Crippen molar-refractivity contribution in [1.29, 1.82) is 0 Å². The Kier molecular flexibility index (Phi) is 3.72. The van der Waals surface area contributed by atoms with E-state index in [1.54, 1.807) is 24.4 Å². The molecule has 4 nitrogen and oxygen atoms in total. The van der Waals surface area contributed by atoms with Gasteiger partial charge in [-0.05, 0) is 38.1 Å². The zero-order valence-electron chi connectivity index (χ0n) is 10.1. The Morgan fingerprint density at radius 2 is 2.06 bits per heavy atom. The molecule has 0 aliphatic rings. The number of aromatic nitrogens is 2. The second-order valence-electron chi connectivity index (χ2n) is 3.90. The molecule has 2 rings (SSSR count). The van der Waals surface area contributed by atoms with Crippen molar-refractivity contribution < 1.29 is 4.79 Å². The molecule has 0 fully saturated rings. The van der Waals surface area contributed by atoms with E-state index in [9.17, 15) is 4.79 Å². The average molecular weight is 306 g/mol. The topological polar surface area (TPSA) is 54.9 Å². The van der Waals surface area contributed by atoms with Crippen LogP contribution >= 0.6 is 15.9 Å². The lowest BCUT2D eigenvalue weighted by molar-refractivity contribution is 0.102. The van der Waals surface area contributed by atoms with Gasteiger partial charge in [-0.15, -0.1) is 0 Å². The summed E-state index contributed by atoms with van der Waals surface area (Å²) in [7, 11) is 0. The van der Waals surface area contributed by atoms with Gasteiger partial charge in [0.2, 0.25) is 0 Å².